The molecule has 0 aromatic carbocycles. The molecule has 14 heavy (non-hydrogen) atoms. The van der Waals surface area contributed by atoms with Gasteiger partial charge < -0.3 is 5.11 Å². The van der Waals surface area contributed by atoms with Crippen LogP contribution < -0.4 is 4.72 Å². The maximum Gasteiger partial charge on any atom is 0.209 e. The summed E-state index contributed by atoms with van der Waals surface area (Å²) in [6, 6.07) is -1.08. The molecule has 1 atom stereocenters. The Morgan fingerprint density at radius 2 is 1.93 bits per heavy atom. The van der Waals surface area contributed by atoms with E-state index in [0.717, 1.165) is 6.26 Å². The quantitative estimate of drug-likeness (QED) is 0.667. The van der Waals surface area contributed by atoms with Crippen LogP contribution in [-0.4, -0.2) is 37.2 Å². The van der Waals surface area contributed by atoms with E-state index in [0.29, 0.717) is 0 Å². The highest BCUT2D eigenvalue weighted by molar-refractivity contribution is 7.88. The Hall–Kier alpha value is -0.460. The smallest absolute Gasteiger partial charge is 0.209 e. The third kappa shape index (κ3) is 4.69. The number of carbonyl (C=O) groups is 1. The van der Waals surface area contributed by atoms with Gasteiger partial charge in [0.1, 0.15) is 6.04 Å². The number of nitrogens with one attached hydrogen (secondary N) is 1. The maximum absolute atomic E-state index is 11.3. The Kier molecular flexibility index (Phi) is 4.23. The molecule has 0 aliphatic heterocycles. The monoisotopic (exact) mass is 223 g/mol. The molecule has 0 rings (SSSR count). The number of sulfonamides is 1. The number of aliphatic hydroxyl groups is 1. The molecule has 0 aromatic rings. The van der Waals surface area contributed by atoms with Gasteiger partial charge in [-0.15, -0.1) is 0 Å². The highest BCUT2D eigenvalue weighted by atomic mass is 32.2. The Bertz CT molecular complexity index is 302. The van der Waals surface area contributed by atoms with Gasteiger partial charge in [-0.25, -0.2) is 13.1 Å². The highest BCUT2D eigenvalue weighted by Crippen LogP contribution is 2.11. The number of hydrogen-bond donors (Lipinski definition) is 2. The van der Waals surface area contributed by atoms with Crippen LogP contribution in [0.5, 0.6) is 0 Å². The fourth-order valence-corrected chi connectivity index (χ4v) is 1.87. The van der Waals surface area contributed by atoms with Crippen LogP contribution in [0.3, 0.4) is 0 Å². The van der Waals surface area contributed by atoms with Crippen molar-refractivity contribution in [3.8, 4) is 0 Å². The Labute approximate surface area is 84.6 Å². The topological polar surface area (TPSA) is 83.5 Å². The van der Waals surface area contributed by atoms with E-state index in [1.807, 2.05) is 0 Å². The van der Waals surface area contributed by atoms with Gasteiger partial charge in [0, 0.05) is 6.42 Å². The van der Waals surface area contributed by atoms with Gasteiger partial charge in [-0.1, -0.05) is 6.92 Å². The Morgan fingerprint density at radius 3 is 2.14 bits per heavy atom. The SMILES string of the molecule is CCC(=O)[C@@H](NS(C)(=O)=O)C(C)(C)O. The minimum absolute atomic E-state index is 0.178. The first-order valence-electron chi connectivity index (χ1n) is 4.30. The van der Waals surface area contributed by atoms with Crippen molar-refractivity contribution in [1.82, 2.24) is 4.72 Å². The van der Waals surface area contributed by atoms with Gasteiger partial charge in [0.2, 0.25) is 10.0 Å². The van der Waals surface area contributed by atoms with Crippen LogP contribution >= 0.6 is 0 Å². The third-order valence-electron chi connectivity index (χ3n) is 1.71. The lowest BCUT2D eigenvalue weighted by molar-refractivity contribution is -0.125. The number of hydrogen-bond acceptors (Lipinski definition) is 4. The van der Waals surface area contributed by atoms with E-state index in [1.165, 1.54) is 13.8 Å². The van der Waals surface area contributed by atoms with Crippen LogP contribution in [0, 0.1) is 0 Å². The van der Waals surface area contributed by atoms with Gasteiger partial charge in [-0.05, 0) is 13.8 Å². The first-order valence-corrected chi connectivity index (χ1v) is 6.19. The van der Waals surface area contributed by atoms with E-state index >= 15 is 0 Å². The number of rotatable bonds is 5. The van der Waals surface area contributed by atoms with Crippen molar-refractivity contribution in [2.45, 2.75) is 38.8 Å². The predicted octanol–water partition coefficient (Wildman–Crippen LogP) is -0.346. The fraction of sp³-hybridized carbons (Fsp3) is 0.875. The lowest BCUT2D eigenvalue weighted by Gasteiger charge is -2.27. The van der Waals surface area contributed by atoms with Crippen molar-refractivity contribution in [3.63, 3.8) is 0 Å². The molecule has 0 saturated heterocycles. The zero-order valence-electron chi connectivity index (χ0n) is 8.86. The van der Waals surface area contributed by atoms with E-state index in [1.54, 1.807) is 6.92 Å². The van der Waals surface area contributed by atoms with E-state index in [2.05, 4.69) is 4.72 Å². The van der Waals surface area contributed by atoms with Crippen LogP contribution in [-0.2, 0) is 14.8 Å². The molecule has 5 nitrogen and oxygen atoms in total. The molecule has 0 radical (unpaired) electrons. The fourth-order valence-electron chi connectivity index (χ4n) is 1.02. The van der Waals surface area contributed by atoms with E-state index in [4.69, 9.17) is 0 Å². The average molecular weight is 223 g/mol. The summed E-state index contributed by atoms with van der Waals surface area (Å²) in [4.78, 5) is 11.3. The summed E-state index contributed by atoms with van der Waals surface area (Å²) in [5, 5.41) is 9.59. The summed E-state index contributed by atoms with van der Waals surface area (Å²) in [5.74, 6) is -0.331. The summed E-state index contributed by atoms with van der Waals surface area (Å²) in [5.41, 5.74) is -1.39. The first kappa shape index (κ1) is 13.5. The van der Waals surface area contributed by atoms with Gasteiger partial charge in [0.15, 0.2) is 5.78 Å². The summed E-state index contributed by atoms with van der Waals surface area (Å²) in [7, 11) is -3.49. The molecular formula is C8H17NO4S. The summed E-state index contributed by atoms with van der Waals surface area (Å²) in [6.07, 6.45) is 1.13. The van der Waals surface area contributed by atoms with E-state index in [9.17, 15) is 18.3 Å². The second-order valence-electron chi connectivity index (χ2n) is 3.80. The molecule has 0 unspecified atom stereocenters. The molecule has 84 valence electrons. The number of Topliss-reactive ketones (excluding diaryl/α,β-unsaturated/α-hetero) is 1. The minimum atomic E-state index is -3.49. The molecule has 0 saturated carbocycles. The second kappa shape index (κ2) is 4.37. The van der Waals surface area contributed by atoms with Gasteiger partial charge >= 0.3 is 0 Å². The largest absolute Gasteiger partial charge is 0.388 e. The highest BCUT2D eigenvalue weighted by Gasteiger charge is 2.34. The van der Waals surface area contributed by atoms with Crippen molar-refractivity contribution in [2.75, 3.05) is 6.26 Å². The van der Waals surface area contributed by atoms with Gasteiger partial charge in [0.25, 0.3) is 0 Å². The Morgan fingerprint density at radius 1 is 1.50 bits per heavy atom. The molecule has 0 bridgehead atoms. The van der Waals surface area contributed by atoms with Crippen molar-refractivity contribution in [1.29, 1.82) is 0 Å². The lowest BCUT2D eigenvalue weighted by atomic mass is 9.95. The van der Waals surface area contributed by atoms with Crippen molar-refractivity contribution < 1.29 is 18.3 Å². The molecule has 0 amide bonds. The first-order chi connectivity index (χ1) is 6.08. The average Bonchev–Trinajstić information content (AvgIpc) is 1.95. The minimum Gasteiger partial charge on any atom is -0.388 e. The van der Waals surface area contributed by atoms with Crippen molar-refractivity contribution in [2.24, 2.45) is 0 Å². The molecule has 6 heteroatoms. The summed E-state index contributed by atoms with van der Waals surface area (Å²) < 4.78 is 24.0. The van der Waals surface area contributed by atoms with Gasteiger partial charge in [-0.2, -0.15) is 0 Å². The molecule has 0 fully saturated rings. The Balaban J connectivity index is 4.85. The molecule has 0 aliphatic rings. The normalized spacial score (nSPS) is 15.2. The van der Waals surface area contributed by atoms with Crippen LogP contribution in [0.1, 0.15) is 27.2 Å². The molecular weight excluding hydrogens is 206 g/mol. The molecule has 0 spiro atoms. The summed E-state index contributed by atoms with van der Waals surface area (Å²) in [6.45, 7) is 4.40. The predicted molar refractivity (Wildman–Crippen MR) is 53.4 cm³/mol. The van der Waals surface area contributed by atoms with Gasteiger partial charge in [-0.3, -0.25) is 4.79 Å². The van der Waals surface area contributed by atoms with Crippen LogP contribution in [0.2, 0.25) is 0 Å². The standard InChI is InChI=1S/C8H17NO4S/c1-5-6(10)7(8(2,3)11)9-14(4,12)13/h7,9,11H,5H2,1-4H3/t7-/m1/s1. The summed E-state index contributed by atoms with van der Waals surface area (Å²) >= 11 is 0. The second-order valence-corrected chi connectivity index (χ2v) is 5.58. The molecule has 0 aliphatic carbocycles. The number of carbonyl (C=O) groups excluding carboxylic acids is 1. The molecule has 2 N–H and O–H groups in total. The van der Waals surface area contributed by atoms with Gasteiger partial charge in [0.05, 0.1) is 11.9 Å². The lowest BCUT2D eigenvalue weighted by Crippen LogP contribution is -2.53. The zero-order valence-corrected chi connectivity index (χ0v) is 9.68. The van der Waals surface area contributed by atoms with Crippen LogP contribution in [0.25, 0.3) is 0 Å². The number of ketones is 1. The van der Waals surface area contributed by atoms with Crippen molar-refractivity contribution in [3.05, 3.63) is 0 Å². The third-order valence-corrected chi connectivity index (χ3v) is 2.37. The maximum atomic E-state index is 11.3. The zero-order chi connectivity index (χ0) is 11.6. The molecule has 0 heterocycles. The van der Waals surface area contributed by atoms with Crippen LogP contribution in [0.15, 0.2) is 0 Å². The van der Waals surface area contributed by atoms with Crippen molar-refractivity contribution >= 4 is 15.8 Å². The molecule has 0 aromatic heterocycles. The van der Waals surface area contributed by atoms with Crippen LogP contribution in [0.4, 0.5) is 0 Å². The van der Waals surface area contributed by atoms with E-state index in [-0.39, 0.29) is 12.2 Å². The van der Waals surface area contributed by atoms with E-state index < -0.39 is 21.7 Å².